The Morgan fingerprint density at radius 1 is 0.643 bits per heavy atom. The molecular formula is C14H34. The third-order valence-electron chi connectivity index (χ3n) is 2.46. The predicted molar refractivity (Wildman–Crippen MR) is 70.8 cm³/mol. The van der Waals surface area contributed by atoms with Crippen LogP contribution in [0, 0.1) is 11.8 Å². The van der Waals surface area contributed by atoms with Gasteiger partial charge < -0.3 is 0 Å². The number of rotatable bonds is 5. The highest BCUT2D eigenvalue weighted by atomic mass is 14.1. The molecule has 0 fully saturated rings. The SMILES string of the molecule is CC.CC.CCCC(C)C(C)CCC. The summed E-state index contributed by atoms with van der Waals surface area (Å²) in [5.74, 6) is 1.87. The number of hydrogen-bond donors (Lipinski definition) is 0. The molecule has 0 aliphatic carbocycles. The average Bonchev–Trinajstić information content (AvgIpc) is 2.24. The maximum atomic E-state index is 2.38. The van der Waals surface area contributed by atoms with Gasteiger partial charge >= 0.3 is 0 Å². The Balaban J connectivity index is -0.000000266. The van der Waals surface area contributed by atoms with Gasteiger partial charge in [0, 0.05) is 0 Å². The highest BCUT2D eigenvalue weighted by molar-refractivity contribution is 4.60. The highest BCUT2D eigenvalue weighted by Gasteiger charge is 2.08. The minimum absolute atomic E-state index is 0.935. The summed E-state index contributed by atoms with van der Waals surface area (Å²) in [5, 5.41) is 0. The van der Waals surface area contributed by atoms with E-state index < -0.39 is 0 Å². The minimum atomic E-state index is 0.935. The Kier molecular flexibility index (Phi) is 26.1. The Labute approximate surface area is 93.5 Å². The second kappa shape index (κ2) is 18.7. The fourth-order valence-electron chi connectivity index (χ4n) is 1.48. The molecule has 0 aromatic rings. The maximum absolute atomic E-state index is 2.38. The standard InChI is InChI=1S/C10H22.2C2H6/c1-5-7-9(3)10(4)8-6-2;2*1-2/h9-10H,5-8H2,1-4H3;2*1-2H3. The molecule has 0 rings (SSSR count). The fraction of sp³-hybridized carbons (Fsp3) is 1.00. The van der Waals surface area contributed by atoms with Gasteiger partial charge in [0.15, 0.2) is 0 Å². The summed E-state index contributed by atoms with van der Waals surface area (Å²) in [6.45, 7) is 17.3. The Morgan fingerprint density at radius 2 is 0.857 bits per heavy atom. The molecule has 0 nitrogen and oxygen atoms in total. The summed E-state index contributed by atoms with van der Waals surface area (Å²) >= 11 is 0. The van der Waals surface area contributed by atoms with Crippen molar-refractivity contribution in [3.8, 4) is 0 Å². The largest absolute Gasteiger partial charge is 0.0683 e. The summed E-state index contributed by atoms with van der Waals surface area (Å²) in [6, 6.07) is 0. The van der Waals surface area contributed by atoms with E-state index in [1.54, 1.807) is 0 Å². The second-order valence-corrected chi connectivity index (χ2v) is 3.53. The molecule has 2 unspecified atom stereocenters. The zero-order chi connectivity index (χ0) is 12.0. The molecule has 90 valence electrons. The van der Waals surface area contributed by atoms with E-state index >= 15 is 0 Å². The number of hydrogen-bond acceptors (Lipinski definition) is 0. The van der Waals surface area contributed by atoms with Crippen molar-refractivity contribution in [1.82, 2.24) is 0 Å². The van der Waals surface area contributed by atoms with Crippen LogP contribution in [-0.2, 0) is 0 Å². The van der Waals surface area contributed by atoms with E-state index in [0.717, 1.165) is 11.8 Å². The highest BCUT2D eigenvalue weighted by Crippen LogP contribution is 2.20. The summed E-state index contributed by atoms with van der Waals surface area (Å²) < 4.78 is 0. The van der Waals surface area contributed by atoms with Crippen LogP contribution in [0.15, 0.2) is 0 Å². The van der Waals surface area contributed by atoms with Crippen molar-refractivity contribution in [3.63, 3.8) is 0 Å². The Morgan fingerprint density at radius 3 is 1.00 bits per heavy atom. The normalized spacial score (nSPS) is 12.9. The van der Waals surface area contributed by atoms with Gasteiger partial charge in [0.2, 0.25) is 0 Å². The lowest BCUT2D eigenvalue weighted by atomic mass is 9.89. The average molecular weight is 202 g/mol. The molecule has 0 bridgehead atoms. The summed E-state index contributed by atoms with van der Waals surface area (Å²) in [6.07, 6.45) is 5.49. The quantitative estimate of drug-likeness (QED) is 0.520. The summed E-state index contributed by atoms with van der Waals surface area (Å²) in [7, 11) is 0. The van der Waals surface area contributed by atoms with Crippen molar-refractivity contribution >= 4 is 0 Å². The topological polar surface area (TPSA) is 0 Å². The van der Waals surface area contributed by atoms with Gasteiger partial charge in [0.25, 0.3) is 0 Å². The van der Waals surface area contributed by atoms with Crippen LogP contribution in [-0.4, -0.2) is 0 Å². The lowest BCUT2D eigenvalue weighted by Crippen LogP contribution is -2.06. The van der Waals surface area contributed by atoms with E-state index in [-0.39, 0.29) is 0 Å². The molecule has 14 heavy (non-hydrogen) atoms. The molecule has 0 aliphatic rings. The van der Waals surface area contributed by atoms with Gasteiger partial charge in [-0.1, -0.05) is 81.1 Å². The van der Waals surface area contributed by atoms with Crippen LogP contribution >= 0.6 is 0 Å². The summed E-state index contributed by atoms with van der Waals surface area (Å²) in [5.41, 5.74) is 0. The van der Waals surface area contributed by atoms with E-state index in [0.29, 0.717) is 0 Å². The van der Waals surface area contributed by atoms with Gasteiger partial charge in [0.1, 0.15) is 0 Å². The zero-order valence-corrected chi connectivity index (χ0v) is 12.0. The van der Waals surface area contributed by atoms with E-state index in [9.17, 15) is 0 Å². The Hall–Kier alpha value is 0. The lowest BCUT2D eigenvalue weighted by Gasteiger charge is -2.17. The van der Waals surface area contributed by atoms with Crippen molar-refractivity contribution in [2.45, 2.75) is 81.1 Å². The molecule has 0 aromatic heterocycles. The smallest absolute Gasteiger partial charge is 0.0417 e. The van der Waals surface area contributed by atoms with Crippen molar-refractivity contribution in [1.29, 1.82) is 0 Å². The molecule has 0 radical (unpaired) electrons. The van der Waals surface area contributed by atoms with Crippen LogP contribution in [0.3, 0.4) is 0 Å². The van der Waals surface area contributed by atoms with Gasteiger partial charge in [-0.3, -0.25) is 0 Å². The van der Waals surface area contributed by atoms with E-state index in [1.807, 2.05) is 27.7 Å². The first kappa shape index (κ1) is 19.6. The van der Waals surface area contributed by atoms with Crippen molar-refractivity contribution in [2.75, 3.05) is 0 Å². The molecule has 0 heteroatoms. The molecule has 2 atom stereocenters. The molecule has 0 heterocycles. The maximum Gasteiger partial charge on any atom is -0.0417 e. The third-order valence-corrected chi connectivity index (χ3v) is 2.46. The third kappa shape index (κ3) is 14.5. The monoisotopic (exact) mass is 202 g/mol. The summed E-state index contributed by atoms with van der Waals surface area (Å²) in [4.78, 5) is 0. The molecule has 0 spiro atoms. The van der Waals surface area contributed by atoms with E-state index in [1.165, 1.54) is 25.7 Å². The molecule has 0 amide bonds. The first-order valence-corrected chi connectivity index (χ1v) is 6.72. The molecule has 0 saturated carbocycles. The predicted octanol–water partition coefficient (Wildman–Crippen LogP) is 5.91. The zero-order valence-electron chi connectivity index (χ0n) is 12.0. The van der Waals surface area contributed by atoms with Gasteiger partial charge in [-0.05, 0) is 11.8 Å². The van der Waals surface area contributed by atoms with Gasteiger partial charge in [-0.15, -0.1) is 0 Å². The van der Waals surface area contributed by atoms with E-state index in [2.05, 4.69) is 27.7 Å². The Bertz CT molecular complexity index is 56.4. The first-order valence-electron chi connectivity index (χ1n) is 6.72. The van der Waals surface area contributed by atoms with Crippen molar-refractivity contribution < 1.29 is 0 Å². The molecule has 0 N–H and O–H groups in total. The molecule has 0 aromatic carbocycles. The van der Waals surface area contributed by atoms with Crippen molar-refractivity contribution in [3.05, 3.63) is 0 Å². The van der Waals surface area contributed by atoms with Crippen LogP contribution < -0.4 is 0 Å². The van der Waals surface area contributed by atoms with Crippen LogP contribution in [0.2, 0.25) is 0 Å². The van der Waals surface area contributed by atoms with Crippen molar-refractivity contribution in [2.24, 2.45) is 11.8 Å². The van der Waals surface area contributed by atoms with Crippen LogP contribution in [0.5, 0.6) is 0 Å². The van der Waals surface area contributed by atoms with Gasteiger partial charge in [-0.2, -0.15) is 0 Å². The van der Waals surface area contributed by atoms with Crippen LogP contribution in [0.1, 0.15) is 81.1 Å². The minimum Gasteiger partial charge on any atom is -0.0683 e. The first-order chi connectivity index (χ1) is 6.72. The second-order valence-electron chi connectivity index (χ2n) is 3.53. The van der Waals surface area contributed by atoms with Gasteiger partial charge in [0.05, 0.1) is 0 Å². The fourth-order valence-corrected chi connectivity index (χ4v) is 1.48. The van der Waals surface area contributed by atoms with E-state index in [4.69, 9.17) is 0 Å². The van der Waals surface area contributed by atoms with Crippen LogP contribution in [0.25, 0.3) is 0 Å². The molecule has 0 aliphatic heterocycles. The van der Waals surface area contributed by atoms with Gasteiger partial charge in [-0.25, -0.2) is 0 Å². The van der Waals surface area contributed by atoms with Crippen LogP contribution in [0.4, 0.5) is 0 Å². The lowest BCUT2D eigenvalue weighted by molar-refractivity contribution is 0.339. The molecule has 0 saturated heterocycles. The molecular weight excluding hydrogens is 168 g/mol.